The third kappa shape index (κ3) is 4.14. The lowest BCUT2D eigenvalue weighted by molar-refractivity contribution is -0.143. The first kappa shape index (κ1) is 17.6. The molecule has 0 saturated carbocycles. The van der Waals surface area contributed by atoms with Crippen molar-refractivity contribution in [3.63, 3.8) is 0 Å². The van der Waals surface area contributed by atoms with Crippen molar-refractivity contribution in [1.82, 2.24) is 9.97 Å². The van der Waals surface area contributed by atoms with Crippen LogP contribution in [-0.2, 0) is 9.53 Å². The van der Waals surface area contributed by atoms with Gasteiger partial charge in [-0.1, -0.05) is 78.0 Å². The highest BCUT2D eigenvalue weighted by Crippen LogP contribution is 2.33. The average Bonchev–Trinajstić information content (AvgIpc) is 3.11. The summed E-state index contributed by atoms with van der Waals surface area (Å²) in [5.41, 5.74) is 5.16. The molecular formula is C22H20N2O2S. The van der Waals surface area contributed by atoms with Crippen LogP contribution in [0.2, 0.25) is 0 Å². The Morgan fingerprint density at radius 3 is 2.41 bits per heavy atom. The van der Waals surface area contributed by atoms with Crippen LogP contribution in [-0.4, -0.2) is 27.8 Å². The number of H-pyrrole nitrogens is 1. The van der Waals surface area contributed by atoms with E-state index in [4.69, 9.17) is 9.72 Å². The van der Waals surface area contributed by atoms with E-state index in [0.29, 0.717) is 5.75 Å². The van der Waals surface area contributed by atoms with Crippen LogP contribution in [0.4, 0.5) is 0 Å². The summed E-state index contributed by atoms with van der Waals surface area (Å²) >= 11 is 1.58. The van der Waals surface area contributed by atoms with E-state index in [1.807, 2.05) is 43.3 Å². The number of esters is 1. The van der Waals surface area contributed by atoms with E-state index < -0.39 is 0 Å². The maximum absolute atomic E-state index is 11.6. The van der Waals surface area contributed by atoms with Gasteiger partial charge in [0.15, 0.2) is 5.16 Å². The molecule has 0 amide bonds. The second-order valence-electron chi connectivity index (χ2n) is 6.56. The van der Waals surface area contributed by atoms with Gasteiger partial charge in [-0.15, -0.1) is 0 Å². The first-order valence-corrected chi connectivity index (χ1v) is 9.89. The zero-order valence-corrected chi connectivity index (χ0v) is 15.8. The van der Waals surface area contributed by atoms with Gasteiger partial charge in [0.2, 0.25) is 0 Å². The van der Waals surface area contributed by atoms with Gasteiger partial charge in [-0.3, -0.25) is 0 Å². The third-order valence-corrected chi connectivity index (χ3v) is 5.40. The number of ether oxygens (including phenoxy) is 1. The molecule has 1 atom stereocenters. The Morgan fingerprint density at radius 1 is 1.07 bits per heavy atom. The Kier molecular flexibility index (Phi) is 5.12. The van der Waals surface area contributed by atoms with Gasteiger partial charge in [0.1, 0.15) is 6.10 Å². The molecule has 27 heavy (non-hydrogen) atoms. The highest BCUT2D eigenvalue weighted by Gasteiger charge is 2.21. The van der Waals surface area contributed by atoms with Crippen molar-refractivity contribution < 1.29 is 9.53 Å². The molecule has 0 fully saturated rings. The molecule has 0 radical (unpaired) electrons. The molecule has 1 aromatic heterocycles. The molecule has 136 valence electrons. The summed E-state index contributed by atoms with van der Waals surface area (Å²) in [5, 5.41) is 0.830. The van der Waals surface area contributed by atoms with E-state index in [9.17, 15) is 4.79 Å². The summed E-state index contributed by atoms with van der Waals surface area (Å²) in [7, 11) is 0. The fourth-order valence-corrected chi connectivity index (χ4v) is 4.02. The van der Waals surface area contributed by atoms with Gasteiger partial charge in [0.25, 0.3) is 0 Å². The summed E-state index contributed by atoms with van der Waals surface area (Å²) in [6.07, 6.45) is 2.23. The van der Waals surface area contributed by atoms with Crippen LogP contribution in [0.5, 0.6) is 0 Å². The molecular weight excluding hydrogens is 356 g/mol. The van der Waals surface area contributed by atoms with Gasteiger partial charge in [0, 0.05) is 29.4 Å². The molecule has 1 N–H and O–H groups in total. The monoisotopic (exact) mass is 376 g/mol. The van der Waals surface area contributed by atoms with Crippen LogP contribution in [0.15, 0.2) is 77.5 Å². The number of hydrogen-bond donors (Lipinski definition) is 1. The molecule has 0 spiro atoms. The highest BCUT2D eigenvalue weighted by molar-refractivity contribution is 7.99. The van der Waals surface area contributed by atoms with E-state index in [1.165, 1.54) is 0 Å². The van der Waals surface area contributed by atoms with Gasteiger partial charge in [-0.2, -0.15) is 0 Å². The topological polar surface area (TPSA) is 55.0 Å². The molecule has 2 heterocycles. The molecule has 1 aliphatic heterocycles. The summed E-state index contributed by atoms with van der Waals surface area (Å²) in [6.45, 7) is 1.96. The van der Waals surface area contributed by atoms with Crippen molar-refractivity contribution in [3.8, 4) is 22.5 Å². The van der Waals surface area contributed by atoms with Gasteiger partial charge in [0.05, 0.1) is 11.4 Å². The number of carbonyl (C=O) groups is 1. The van der Waals surface area contributed by atoms with Gasteiger partial charge < -0.3 is 9.72 Å². The first-order chi connectivity index (χ1) is 13.2. The largest absolute Gasteiger partial charge is 0.458 e. The number of imidazole rings is 1. The Hall–Kier alpha value is -2.79. The molecule has 1 aliphatic rings. The van der Waals surface area contributed by atoms with Crippen molar-refractivity contribution in [1.29, 1.82) is 0 Å². The normalized spacial score (nSPS) is 16.7. The third-order valence-electron chi connectivity index (χ3n) is 4.39. The number of cyclic esters (lactones) is 1. The van der Waals surface area contributed by atoms with Crippen molar-refractivity contribution in [2.75, 3.05) is 5.75 Å². The van der Waals surface area contributed by atoms with Crippen LogP contribution in [0, 0.1) is 0 Å². The number of aromatic amines is 1. The van der Waals surface area contributed by atoms with E-state index >= 15 is 0 Å². The molecule has 5 heteroatoms. The number of nitrogens with zero attached hydrogens (tertiary/aromatic N) is 1. The Labute approximate surface area is 162 Å². The number of aromatic nitrogens is 2. The fraction of sp³-hybridized carbons (Fsp3) is 0.182. The van der Waals surface area contributed by atoms with Crippen LogP contribution in [0.25, 0.3) is 22.5 Å². The van der Waals surface area contributed by atoms with Gasteiger partial charge >= 0.3 is 5.97 Å². The lowest BCUT2D eigenvalue weighted by atomic mass is 10.1. The molecule has 4 nitrogen and oxygen atoms in total. The number of rotatable bonds is 5. The molecule has 0 saturated heterocycles. The minimum atomic E-state index is -0.251. The Morgan fingerprint density at radius 2 is 1.74 bits per heavy atom. The maximum Gasteiger partial charge on any atom is 0.331 e. The number of hydrogen-bond acceptors (Lipinski definition) is 4. The molecule has 1 unspecified atom stereocenters. The summed E-state index contributed by atoms with van der Waals surface area (Å²) < 4.78 is 5.41. The van der Waals surface area contributed by atoms with E-state index in [-0.39, 0.29) is 12.1 Å². The second kappa shape index (κ2) is 7.84. The SMILES string of the molecule is CC1=CC(=O)OC(CSc2nc(-c3ccccc3)c(-c3ccccc3)[nH]2)C1. The van der Waals surface area contributed by atoms with Crippen molar-refractivity contribution >= 4 is 17.7 Å². The number of benzene rings is 2. The number of nitrogens with one attached hydrogen (secondary N) is 1. The first-order valence-electron chi connectivity index (χ1n) is 8.90. The summed E-state index contributed by atoms with van der Waals surface area (Å²) in [5.74, 6) is 0.422. The molecule has 2 aromatic carbocycles. The van der Waals surface area contributed by atoms with Gasteiger partial charge in [-0.25, -0.2) is 9.78 Å². The highest BCUT2D eigenvalue weighted by atomic mass is 32.2. The van der Waals surface area contributed by atoms with Crippen LogP contribution < -0.4 is 0 Å². The van der Waals surface area contributed by atoms with Crippen molar-refractivity contribution in [2.24, 2.45) is 0 Å². The van der Waals surface area contributed by atoms with Crippen LogP contribution in [0.1, 0.15) is 13.3 Å². The van der Waals surface area contributed by atoms with Crippen molar-refractivity contribution in [3.05, 3.63) is 72.3 Å². The quantitative estimate of drug-likeness (QED) is 0.497. The summed E-state index contributed by atoms with van der Waals surface area (Å²) in [4.78, 5) is 19.9. The van der Waals surface area contributed by atoms with Crippen LogP contribution in [0.3, 0.4) is 0 Å². The minimum absolute atomic E-state index is 0.113. The number of carbonyl (C=O) groups excluding carboxylic acids is 1. The molecule has 0 aliphatic carbocycles. The molecule has 0 bridgehead atoms. The second-order valence-corrected chi connectivity index (χ2v) is 7.57. The maximum atomic E-state index is 11.6. The summed E-state index contributed by atoms with van der Waals surface area (Å²) in [6, 6.07) is 20.4. The van der Waals surface area contributed by atoms with Gasteiger partial charge in [-0.05, 0) is 6.92 Å². The van der Waals surface area contributed by atoms with E-state index in [1.54, 1.807) is 17.8 Å². The Bertz CT molecular complexity index is 907. The lowest BCUT2D eigenvalue weighted by Gasteiger charge is -2.20. The zero-order chi connectivity index (χ0) is 18.6. The lowest BCUT2D eigenvalue weighted by Crippen LogP contribution is -2.24. The molecule has 3 aromatic rings. The van der Waals surface area contributed by atoms with E-state index in [0.717, 1.165) is 39.7 Å². The predicted octanol–water partition coefficient (Wildman–Crippen LogP) is 5.10. The predicted molar refractivity (Wildman–Crippen MR) is 108 cm³/mol. The standard InChI is InChI=1S/C22H20N2O2S/c1-15-12-18(26-19(25)13-15)14-27-22-23-20(16-8-4-2-5-9-16)21(24-22)17-10-6-3-7-11-17/h2-11,13,18H,12,14H2,1H3,(H,23,24). The van der Waals surface area contributed by atoms with Crippen molar-refractivity contribution in [2.45, 2.75) is 24.6 Å². The zero-order valence-electron chi connectivity index (χ0n) is 15.0. The average molecular weight is 376 g/mol. The van der Waals surface area contributed by atoms with E-state index in [2.05, 4.69) is 29.2 Å². The molecule has 4 rings (SSSR count). The fourth-order valence-electron chi connectivity index (χ4n) is 3.16. The minimum Gasteiger partial charge on any atom is -0.458 e. The smallest absolute Gasteiger partial charge is 0.331 e. The van der Waals surface area contributed by atoms with Crippen LogP contribution >= 0.6 is 11.8 Å². The number of thioether (sulfide) groups is 1. The Balaban J connectivity index is 1.60.